The second-order valence-corrected chi connectivity index (χ2v) is 6.04. The van der Waals surface area contributed by atoms with E-state index in [1.54, 1.807) is 0 Å². The minimum absolute atomic E-state index is 0.284. The van der Waals surface area contributed by atoms with Gasteiger partial charge >= 0.3 is 0 Å². The van der Waals surface area contributed by atoms with E-state index in [-0.39, 0.29) is 6.10 Å². The van der Waals surface area contributed by atoms with Crippen molar-refractivity contribution in [1.29, 1.82) is 0 Å². The molecule has 0 spiro atoms. The molecular weight excluding hydrogens is 240 g/mol. The van der Waals surface area contributed by atoms with Crippen molar-refractivity contribution in [2.24, 2.45) is 0 Å². The van der Waals surface area contributed by atoms with E-state index in [0.29, 0.717) is 0 Å². The van der Waals surface area contributed by atoms with E-state index in [9.17, 15) is 0 Å². The first kappa shape index (κ1) is 11.9. The smallest absolute Gasteiger partial charge is 0.0834 e. The number of hydrogen-bond donors (Lipinski definition) is 0. The Balaban J connectivity index is 2.11. The van der Waals surface area contributed by atoms with E-state index in [2.05, 4.69) is 37.3 Å². The number of thiophene rings is 1. The van der Waals surface area contributed by atoms with Gasteiger partial charge in [0.05, 0.1) is 6.10 Å². The molecule has 1 aliphatic rings. The fourth-order valence-electron chi connectivity index (χ4n) is 2.83. The van der Waals surface area contributed by atoms with Gasteiger partial charge in [-0.05, 0) is 49.3 Å². The van der Waals surface area contributed by atoms with Crippen molar-refractivity contribution in [3.63, 3.8) is 0 Å². The lowest BCUT2D eigenvalue weighted by Gasteiger charge is -2.25. The summed E-state index contributed by atoms with van der Waals surface area (Å²) >= 11 is 1.89. The topological polar surface area (TPSA) is 9.23 Å². The Hall–Kier alpha value is -1.12. The van der Waals surface area contributed by atoms with E-state index in [0.717, 1.165) is 6.42 Å². The van der Waals surface area contributed by atoms with Gasteiger partial charge in [0.15, 0.2) is 0 Å². The Morgan fingerprint density at radius 1 is 1.28 bits per heavy atom. The molecule has 1 aromatic carbocycles. The predicted octanol–water partition coefficient (Wildman–Crippen LogP) is 4.87. The Labute approximate surface area is 112 Å². The third-order valence-corrected chi connectivity index (χ3v) is 4.92. The molecule has 1 nitrogen and oxygen atoms in total. The lowest BCUT2D eigenvalue weighted by Crippen LogP contribution is -2.17. The molecule has 1 heterocycles. The highest BCUT2D eigenvalue weighted by Crippen LogP contribution is 2.39. The van der Waals surface area contributed by atoms with Gasteiger partial charge in [-0.2, -0.15) is 0 Å². The van der Waals surface area contributed by atoms with Crippen molar-refractivity contribution >= 4 is 27.0 Å². The zero-order valence-electron chi connectivity index (χ0n) is 10.9. The molecule has 2 aromatic rings. The van der Waals surface area contributed by atoms with E-state index < -0.39 is 0 Å². The zero-order chi connectivity index (χ0) is 12.5. The maximum Gasteiger partial charge on any atom is 0.0834 e. The Morgan fingerprint density at radius 2 is 2.11 bits per heavy atom. The van der Waals surface area contributed by atoms with Crippen LogP contribution in [0, 0.1) is 0 Å². The summed E-state index contributed by atoms with van der Waals surface area (Å²) in [5, 5.41) is 1.35. The summed E-state index contributed by atoms with van der Waals surface area (Å²) < 4.78 is 7.04. The van der Waals surface area contributed by atoms with Crippen molar-refractivity contribution in [3.8, 4) is 0 Å². The van der Waals surface area contributed by atoms with Gasteiger partial charge in [-0.1, -0.05) is 23.8 Å². The van der Waals surface area contributed by atoms with Gasteiger partial charge in [-0.25, -0.2) is 0 Å². The van der Waals surface area contributed by atoms with Crippen LogP contribution in [0.3, 0.4) is 0 Å². The number of methoxy groups -OCH3 is 1. The van der Waals surface area contributed by atoms with Crippen LogP contribution in [-0.4, -0.2) is 13.2 Å². The standard InChI is InChI=1S/C16H18OS/c1-11-6-5-8-13(17-2)16(11)15-10-12-7-3-4-9-14(12)18-15/h3-4,7,9-10,13H,5-6,8H2,1-2H3. The molecule has 0 saturated heterocycles. The minimum Gasteiger partial charge on any atom is -0.377 e. The first-order valence-electron chi connectivity index (χ1n) is 6.51. The summed E-state index contributed by atoms with van der Waals surface area (Å²) in [6, 6.07) is 10.9. The van der Waals surface area contributed by atoms with Crippen LogP contribution in [0.5, 0.6) is 0 Å². The molecule has 0 aliphatic heterocycles. The molecule has 1 aliphatic carbocycles. The molecule has 1 atom stereocenters. The molecule has 0 N–H and O–H groups in total. The van der Waals surface area contributed by atoms with Gasteiger partial charge in [-0.15, -0.1) is 11.3 Å². The van der Waals surface area contributed by atoms with E-state index in [1.807, 2.05) is 18.4 Å². The summed E-state index contributed by atoms with van der Waals surface area (Å²) in [6.45, 7) is 2.25. The number of ether oxygens (including phenoxy) is 1. The van der Waals surface area contributed by atoms with Crippen LogP contribution in [0.25, 0.3) is 15.7 Å². The average Bonchev–Trinajstić information content (AvgIpc) is 2.81. The monoisotopic (exact) mass is 258 g/mol. The van der Waals surface area contributed by atoms with Crippen LogP contribution >= 0.6 is 11.3 Å². The van der Waals surface area contributed by atoms with E-state index >= 15 is 0 Å². The molecule has 0 fully saturated rings. The number of fused-ring (bicyclic) bond motifs is 1. The van der Waals surface area contributed by atoms with Crippen molar-refractivity contribution in [3.05, 3.63) is 40.8 Å². The molecule has 1 aromatic heterocycles. The molecule has 94 valence electrons. The van der Waals surface area contributed by atoms with Crippen LogP contribution in [0.4, 0.5) is 0 Å². The van der Waals surface area contributed by atoms with Crippen molar-refractivity contribution in [2.75, 3.05) is 7.11 Å². The lowest BCUT2D eigenvalue weighted by molar-refractivity contribution is 0.135. The SMILES string of the molecule is COC1CCCC(C)=C1c1cc2ccccc2s1. The number of rotatable bonds is 2. The van der Waals surface area contributed by atoms with Crippen molar-refractivity contribution in [1.82, 2.24) is 0 Å². The highest BCUT2D eigenvalue weighted by molar-refractivity contribution is 7.20. The maximum atomic E-state index is 5.67. The Kier molecular flexibility index (Phi) is 3.23. The lowest BCUT2D eigenvalue weighted by atomic mass is 9.89. The molecule has 2 heteroatoms. The normalized spacial score (nSPS) is 20.7. The highest BCUT2D eigenvalue weighted by Gasteiger charge is 2.23. The number of allylic oxidation sites excluding steroid dienone is 1. The molecule has 1 unspecified atom stereocenters. The quantitative estimate of drug-likeness (QED) is 0.746. The summed E-state index contributed by atoms with van der Waals surface area (Å²) in [5.74, 6) is 0. The third kappa shape index (κ3) is 2.00. The largest absolute Gasteiger partial charge is 0.377 e. The summed E-state index contributed by atoms with van der Waals surface area (Å²) in [4.78, 5) is 1.39. The van der Waals surface area contributed by atoms with Crippen LogP contribution in [0.2, 0.25) is 0 Å². The Morgan fingerprint density at radius 3 is 2.89 bits per heavy atom. The molecule has 3 rings (SSSR count). The average molecular weight is 258 g/mol. The van der Waals surface area contributed by atoms with Gasteiger partial charge < -0.3 is 4.74 Å². The Bertz CT molecular complexity index is 561. The first-order valence-corrected chi connectivity index (χ1v) is 7.32. The predicted molar refractivity (Wildman–Crippen MR) is 79.1 cm³/mol. The van der Waals surface area contributed by atoms with Crippen LogP contribution < -0.4 is 0 Å². The molecule has 0 radical (unpaired) electrons. The summed E-state index contributed by atoms with van der Waals surface area (Å²) in [5.41, 5.74) is 2.93. The zero-order valence-corrected chi connectivity index (χ0v) is 11.7. The van der Waals surface area contributed by atoms with Crippen LogP contribution in [0.15, 0.2) is 35.9 Å². The maximum absolute atomic E-state index is 5.67. The number of benzene rings is 1. The van der Waals surface area contributed by atoms with Crippen LogP contribution in [-0.2, 0) is 4.74 Å². The summed E-state index contributed by atoms with van der Waals surface area (Å²) in [7, 11) is 1.83. The van der Waals surface area contributed by atoms with E-state index in [1.165, 1.54) is 39.0 Å². The first-order chi connectivity index (χ1) is 8.79. The molecule has 0 saturated carbocycles. The second kappa shape index (κ2) is 4.87. The van der Waals surface area contributed by atoms with Crippen molar-refractivity contribution in [2.45, 2.75) is 32.3 Å². The third-order valence-electron chi connectivity index (χ3n) is 3.78. The van der Waals surface area contributed by atoms with Gasteiger partial charge in [0.2, 0.25) is 0 Å². The van der Waals surface area contributed by atoms with Gasteiger partial charge in [-0.3, -0.25) is 0 Å². The fourth-order valence-corrected chi connectivity index (χ4v) is 4.06. The fraction of sp³-hybridized carbons (Fsp3) is 0.375. The highest BCUT2D eigenvalue weighted by atomic mass is 32.1. The number of hydrogen-bond acceptors (Lipinski definition) is 2. The molecular formula is C16H18OS. The van der Waals surface area contributed by atoms with Gasteiger partial charge in [0, 0.05) is 16.7 Å². The molecule has 18 heavy (non-hydrogen) atoms. The molecule has 0 amide bonds. The minimum atomic E-state index is 0.284. The van der Waals surface area contributed by atoms with Crippen LogP contribution in [0.1, 0.15) is 31.1 Å². The van der Waals surface area contributed by atoms with E-state index in [4.69, 9.17) is 4.74 Å². The van der Waals surface area contributed by atoms with Crippen molar-refractivity contribution < 1.29 is 4.74 Å². The second-order valence-electron chi connectivity index (χ2n) is 4.96. The van der Waals surface area contributed by atoms with Gasteiger partial charge in [0.1, 0.15) is 0 Å². The van der Waals surface area contributed by atoms with Gasteiger partial charge in [0.25, 0.3) is 0 Å². The summed E-state index contributed by atoms with van der Waals surface area (Å²) in [6.07, 6.45) is 3.89. The molecule has 0 bridgehead atoms.